The van der Waals surface area contributed by atoms with Crippen LogP contribution in [-0.4, -0.2) is 44.3 Å². The van der Waals surface area contributed by atoms with Crippen LogP contribution in [0.25, 0.3) is 0 Å². The number of likely N-dealkylation sites (tertiary alicyclic amines) is 1. The molecule has 86 valence electrons. The van der Waals surface area contributed by atoms with Gasteiger partial charge in [-0.15, -0.1) is 5.10 Å². The first-order chi connectivity index (χ1) is 7.68. The van der Waals surface area contributed by atoms with Crippen molar-refractivity contribution in [3.63, 3.8) is 0 Å². The number of carbonyl (C=O) groups is 2. The minimum absolute atomic E-state index is 0.101. The second kappa shape index (κ2) is 4.30. The SMILES string of the molecule is NC(=O)C1CCCN1C(=O)Cn1ccnn1. The molecule has 2 rings (SSSR count). The standard InChI is InChI=1S/C9H13N5O2/c10-9(16)7-2-1-4-14(7)8(15)6-13-5-3-11-12-13/h3,5,7H,1-2,4,6H2,(H2,10,16). The molecular formula is C9H13N5O2. The summed E-state index contributed by atoms with van der Waals surface area (Å²) in [6.45, 7) is 0.685. The van der Waals surface area contributed by atoms with Crippen LogP contribution < -0.4 is 5.73 Å². The number of aromatic nitrogens is 3. The third-order valence-corrected chi connectivity index (χ3v) is 2.67. The van der Waals surface area contributed by atoms with Gasteiger partial charge in [-0.25, -0.2) is 4.68 Å². The Hall–Kier alpha value is -1.92. The van der Waals surface area contributed by atoms with Crippen molar-refractivity contribution in [2.24, 2.45) is 5.73 Å². The van der Waals surface area contributed by atoms with Crippen LogP contribution in [0.1, 0.15) is 12.8 Å². The lowest BCUT2D eigenvalue weighted by Gasteiger charge is -2.21. The molecule has 1 atom stereocenters. The second-order valence-corrected chi connectivity index (χ2v) is 3.75. The van der Waals surface area contributed by atoms with E-state index in [-0.39, 0.29) is 12.5 Å². The average molecular weight is 223 g/mol. The largest absolute Gasteiger partial charge is 0.368 e. The highest BCUT2D eigenvalue weighted by atomic mass is 16.2. The maximum absolute atomic E-state index is 11.9. The van der Waals surface area contributed by atoms with Crippen molar-refractivity contribution < 1.29 is 9.59 Å². The number of carbonyl (C=O) groups excluding carboxylic acids is 2. The Morgan fingerprint density at radius 1 is 1.50 bits per heavy atom. The smallest absolute Gasteiger partial charge is 0.245 e. The highest BCUT2D eigenvalue weighted by Crippen LogP contribution is 2.17. The van der Waals surface area contributed by atoms with Gasteiger partial charge in [0.2, 0.25) is 11.8 Å². The Morgan fingerprint density at radius 2 is 2.31 bits per heavy atom. The summed E-state index contributed by atoms with van der Waals surface area (Å²) in [6.07, 6.45) is 4.57. The summed E-state index contributed by atoms with van der Waals surface area (Å²) in [7, 11) is 0. The summed E-state index contributed by atoms with van der Waals surface area (Å²) in [6, 6.07) is -0.462. The number of hydrogen-bond donors (Lipinski definition) is 1. The van der Waals surface area contributed by atoms with Gasteiger partial charge in [-0.1, -0.05) is 5.21 Å². The first-order valence-electron chi connectivity index (χ1n) is 5.11. The summed E-state index contributed by atoms with van der Waals surface area (Å²) in [5.74, 6) is -0.587. The molecule has 0 aliphatic carbocycles. The summed E-state index contributed by atoms with van der Waals surface area (Å²) >= 11 is 0. The molecule has 0 bridgehead atoms. The molecule has 1 aliphatic rings. The van der Waals surface area contributed by atoms with E-state index in [1.54, 1.807) is 6.20 Å². The molecule has 2 heterocycles. The lowest BCUT2D eigenvalue weighted by atomic mass is 10.2. The molecule has 1 fully saturated rings. The molecule has 16 heavy (non-hydrogen) atoms. The molecule has 0 saturated carbocycles. The molecule has 1 aliphatic heterocycles. The van der Waals surface area contributed by atoms with E-state index >= 15 is 0 Å². The molecule has 0 spiro atoms. The number of primary amides is 1. The van der Waals surface area contributed by atoms with Crippen LogP contribution in [0.5, 0.6) is 0 Å². The highest BCUT2D eigenvalue weighted by molar-refractivity contribution is 5.87. The number of nitrogens with zero attached hydrogens (tertiary/aromatic N) is 4. The van der Waals surface area contributed by atoms with Crippen molar-refractivity contribution in [2.45, 2.75) is 25.4 Å². The third kappa shape index (κ3) is 2.02. The molecule has 7 nitrogen and oxygen atoms in total. The summed E-state index contributed by atoms with van der Waals surface area (Å²) < 4.78 is 1.43. The van der Waals surface area contributed by atoms with E-state index in [9.17, 15) is 9.59 Å². The fourth-order valence-corrected chi connectivity index (χ4v) is 1.91. The van der Waals surface area contributed by atoms with Gasteiger partial charge in [-0.05, 0) is 12.8 Å². The first-order valence-corrected chi connectivity index (χ1v) is 5.11. The summed E-state index contributed by atoms with van der Waals surface area (Å²) in [5.41, 5.74) is 5.23. The third-order valence-electron chi connectivity index (χ3n) is 2.67. The van der Waals surface area contributed by atoms with Gasteiger partial charge >= 0.3 is 0 Å². The molecule has 7 heteroatoms. The molecule has 1 unspecified atom stereocenters. The Morgan fingerprint density at radius 3 is 2.94 bits per heavy atom. The number of hydrogen-bond acceptors (Lipinski definition) is 4. The fraction of sp³-hybridized carbons (Fsp3) is 0.556. The van der Waals surface area contributed by atoms with E-state index in [0.29, 0.717) is 13.0 Å². The molecule has 2 N–H and O–H groups in total. The van der Waals surface area contributed by atoms with Crippen molar-refractivity contribution in [1.29, 1.82) is 0 Å². The topological polar surface area (TPSA) is 94.1 Å². The zero-order valence-electron chi connectivity index (χ0n) is 8.74. The minimum Gasteiger partial charge on any atom is -0.368 e. The lowest BCUT2D eigenvalue weighted by Crippen LogP contribution is -2.45. The maximum atomic E-state index is 11.9. The van der Waals surface area contributed by atoms with Gasteiger partial charge in [-0.3, -0.25) is 9.59 Å². The number of rotatable bonds is 3. The quantitative estimate of drug-likeness (QED) is 0.693. The van der Waals surface area contributed by atoms with E-state index in [2.05, 4.69) is 10.3 Å². The first kappa shape index (κ1) is 10.6. The maximum Gasteiger partial charge on any atom is 0.245 e. The number of nitrogens with two attached hydrogens (primary N) is 1. The van der Waals surface area contributed by atoms with Crippen molar-refractivity contribution in [3.8, 4) is 0 Å². The van der Waals surface area contributed by atoms with Crippen molar-refractivity contribution >= 4 is 11.8 Å². The molecule has 0 radical (unpaired) electrons. The number of amides is 2. The predicted molar refractivity (Wildman–Crippen MR) is 54.0 cm³/mol. The van der Waals surface area contributed by atoms with Gasteiger partial charge in [0.25, 0.3) is 0 Å². The van der Waals surface area contributed by atoms with Crippen LogP contribution in [0.4, 0.5) is 0 Å². The molecular weight excluding hydrogens is 210 g/mol. The fourth-order valence-electron chi connectivity index (χ4n) is 1.91. The van der Waals surface area contributed by atoms with Crippen molar-refractivity contribution in [1.82, 2.24) is 19.9 Å². The second-order valence-electron chi connectivity index (χ2n) is 3.75. The van der Waals surface area contributed by atoms with Gasteiger partial charge in [0.1, 0.15) is 12.6 Å². The van der Waals surface area contributed by atoms with E-state index in [0.717, 1.165) is 6.42 Å². The Labute approximate surface area is 92.2 Å². The predicted octanol–water partition coefficient (Wildman–Crippen LogP) is -1.25. The molecule has 1 aromatic rings. The normalized spacial score (nSPS) is 20.0. The highest BCUT2D eigenvalue weighted by Gasteiger charge is 2.32. The molecule has 0 aromatic carbocycles. The minimum atomic E-state index is -0.462. The van der Waals surface area contributed by atoms with E-state index in [4.69, 9.17) is 5.73 Å². The molecule has 1 saturated heterocycles. The molecule has 1 aromatic heterocycles. The van der Waals surface area contributed by atoms with Crippen LogP contribution in [0, 0.1) is 0 Å². The molecule has 2 amide bonds. The van der Waals surface area contributed by atoms with Gasteiger partial charge in [-0.2, -0.15) is 0 Å². The van der Waals surface area contributed by atoms with Crippen LogP contribution in [-0.2, 0) is 16.1 Å². The Kier molecular flexibility index (Phi) is 2.84. The Bertz CT molecular complexity index is 389. The van der Waals surface area contributed by atoms with Crippen molar-refractivity contribution in [3.05, 3.63) is 12.4 Å². The monoisotopic (exact) mass is 223 g/mol. The van der Waals surface area contributed by atoms with Gasteiger partial charge in [0.05, 0.1) is 6.20 Å². The van der Waals surface area contributed by atoms with Crippen LogP contribution in [0.2, 0.25) is 0 Å². The zero-order valence-corrected chi connectivity index (χ0v) is 8.74. The van der Waals surface area contributed by atoms with Crippen LogP contribution in [0.3, 0.4) is 0 Å². The summed E-state index contributed by atoms with van der Waals surface area (Å²) in [5, 5.41) is 7.31. The Balaban J connectivity index is 2.01. The lowest BCUT2D eigenvalue weighted by molar-refractivity contribution is -0.137. The zero-order chi connectivity index (χ0) is 11.5. The summed E-state index contributed by atoms with van der Waals surface area (Å²) in [4.78, 5) is 24.5. The van der Waals surface area contributed by atoms with Gasteiger partial charge in [0.15, 0.2) is 0 Å². The van der Waals surface area contributed by atoms with Crippen LogP contribution in [0.15, 0.2) is 12.4 Å². The van der Waals surface area contributed by atoms with Crippen molar-refractivity contribution in [2.75, 3.05) is 6.54 Å². The van der Waals surface area contributed by atoms with E-state index < -0.39 is 11.9 Å². The van der Waals surface area contributed by atoms with Gasteiger partial charge < -0.3 is 10.6 Å². The van der Waals surface area contributed by atoms with E-state index in [1.165, 1.54) is 15.8 Å². The average Bonchev–Trinajstić information content (AvgIpc) is 2.86. The van der Waals surface area contributed by atoms with Crippen LogP contribution >= 0.6 is 0 Å². The van der Waals surface area contributed by atoms with Gasteiger partial charge in [0, 0.05) is 12.7 Å². The van der Waals surface area contributed by atoms with E-state index in [1.807, 2.05) is 0 Å².